The van der Waals surface area contributed by atoms with Gasteiger partial charge in [-0.2, -0.15) is 0 Å². The summed E-state index contributed by atoms with van der Waals surface area (Å²) in [6.45, 7) is 5.33. The Hall–Kier alpha value is -0.770. The van der Waals surface area contributed by atoms with Crippen LogP contribution in [0.1, 0.15) is 31.9 Å². The number of rotatable bonds is 3. The zero-order valence-electron chi connectivity index (χ0n) is 10.8. The van der Waals surface area contributed by atoms with Crippen LogP contribution in [0, 0.1) is 5.92 Å². The van der Waals surface area contributed by atoms with Gasteiger partial charge in [-0.1, -0.05) is 17.7 Å². The highest BCUT2D eigenvalue weighted by Crippen LogP contribution is 2.33. The first-order valence-electron chi connectivity index (χ1n) is 6.39. The molecule has 0 radical (unpaired) electrons. The fourth-order valence-electron chi connectivity index (χ4n) is 2.44. The van der Waals surface area contributed by atoms with Gasteiger partial charge in [0.1, 0.15) is 0 Å². The van der Waals surface area contributed by atoms with Gasteiger partial charge in [0.15, 0.2) is 0 Å². The van der Waals surface area contributed by atoms with E-state index in [9.17, 15) is 10.2 Å². The quantitative estimate of drug-likeness (QED) is 0.887. The number of nitrogens with zero attached hydrogens (tertiary/aromatic N) is 1. The molecule has 0 spiro atoms. The second kappa shape index (κ2) is 5.47. The van der Waals surface area contributed by atoms with Crippen LogP contribution in [-0.2, 0) is 0 Å². The number of aliphatic hydroxyl groups is 2. The Morgan fingerprint density at radius 2 is 2.06 bits per heavy atom. The van der Waals surface area contributed by atoms with Gasteiger partial charge in [-0.05, 0) is 38.0 Å². The maximum atomic E-state index is 9.61. The number of hydrogen-bond donors (Lipinski definition) is 2. The molecule has 0 amide bonds. The Balaban J connectivity index is 2.15. The molecule has 1 saturated heterocycles. The smallest absolute Gasteiger partial charge is 0.0762 e. The summed E-state index contributed by atoms with van der Waals surface area (Å²) in [4.78, 5) is 2.20. The molecule has 1 aliphatic heterocycles. The first-order valence-corrected chi connectivity index (χ1v) is 6.77. The second-order valence-electron chi connectivity index (χ2n) is 5.12. The van der Waals surface area contributed by atoms with Crippen molar-refractivity contribution in [2.45, 2.75) is 32.5 Å². The van der Waals surface area contributed by atoms with Crippen LogP contribution in [-0.4, -0.2) is 29.4 Å². The van der Waals surface area contributed by atoms with E-state index in [2.05, 4.69) is 4.90 Å². The van der Waals surface area contributed by atoms with Crippen molar-refractivity contribution >= 4 is 17.3 Å². The van der Waals surface area contributed by atoms with E-state index < -0.39 is 6.10 Å². The van der Waals surface area contributed by atoms with Crippen LogP contribution >= 0.6 is 11.6 Å². The summed E-state index contributed by atoms with van der Waals surface area (Å²) >= 11 is 6.27. The lowest BCUT2D eigenvalue weighted by atomic mass is 10.0. The molecule has 0 aromatic heterocycles. The lowest BCUT2D eigenvalue weighted by Crippen LogP contribution is -2.24. The van der Waals surface area contributed by atoms with Gasteiger partial charge >= 0.3 is 0 Å². The molecule has 1 aliphatic rings. The SMILES string of the molecule is CC(O)C1CCN(c2ccc([C@@H](C)O)cc2Cl)C1. The Kier molecular flexibility index (Phi) is 4.15. The van der Waals surface area contributed by atoms with E-state index in [1.54, 1.807) is 6.92 Å². The van der Waals surface area contributed by atoms with E-state index in [1.165, 1.54) is 0 Å². The van der Waals surface area contributed by atoms with Gasteiger partial charge in [-0.15, -0.1) is 0 Å². The minimum Gasteiger partial charge on any atom is -0.393 e. The summed E-state index contributed by atoms with van der Waals surface area (Å²) in [6, 6.07) is 5.67. The van der Waals surface area contributed by atoms with Crippen molar-refractivity contribution in [3.05, 3.63) is 28.8 Å². The molecule has 1 aromatic carbocycles. The van der Waals surface area contributed by atoms with Crippen molar-refractivity contribution in [3.63, 3.8) is 0 Å². The van der Waals surface area contributed by atoms with Crippen molar-refractivity contribution in [1.82, 2.24) is 0 Å². The van der Waals surface area contributed by atoms with Gasteiger partial charge in [-0.3, -0.25) is 0 Å². The van der Waals surface area contributed by atoms with E-state index in [0.717, 1.165) is 30.8 Å². The average molecular weight is 270 g/mol. The van der Waals surface area contributed by atoms with Crippen molar-refractivity contribution in [2.24, 2.45) is 5.92 Å². The lowest BCUT2D eigenvalue weighted by molar-refractivity contribution is 0.136. The van der Waals surface area contributed by atoms with E-state index in [1.807, 2.05) is 25.1 Å². The fraction of sp³-hybridized carbons (Fsp3) is 0.571. The monoisotopic (exact) mass is 269 g/mol. The van der Waals surface area contributed by atoms with Crippen molar-refractivity contribution in [2.75, 3.05) is 18.0 Å². The summed E-state index contributed by atoms with van der Waals surface area (Å²) in [7, 11) is 0. The first kappa shape index (κ1) is 13.7. The molecule has 1 fully saturated rings. The molecule has 1 heterocycles. The molecule has 3 nitrogen and oxygen atoms in total. The van der Waals surface area contributed by atoms with Crippen LogP contribution in [0.4, 0.5) is 5.69 Å². The minimum absolute atomic E-state index is 0.273. The summed E-state index contributed by atoms with van der Waals surface area (Å²) in [5.74, 6) is 0.317. The lowest BCUT2D eigenvalue weighted by Gasteiger charge is -2.21. The molecule has 0 saturated carbocycles. The summed E-state index contributed by atoms with van der Waals surface area (Å²) in [5, 5.41) is 19.8. The molecule has 2 rings (SSSR count). The number of anilines is 1. The van der Waals surface area contributed by atoms with E-state index in [4.69, 9.17) is 11.6 Å². The molecular formula is C14H20ClNO2. The predicted octanol–water partition coefficient (Wildman–Crippen LogP) is 2.60. The normalized spacial score (nSPS) is 23.2. The Morgan fingerprint density at radius 1 is 1.33 bits per heavy atom. The van der Waals surface area contributed by atoms with E-state index >= 15 is 0 Å². The molecule has 100 valence electrons. The number of halogens is 1. The first-order chi connectivity index (χ1) is 8.49. The Morgan fingerprint density at radius 3 is 2.56 bits per heavy atom. The van der Waals surface area contributed by atoms with Crippen LogP contribution in [0.5, 0.6) is 0 Å². The van der Waals surface area contributed by atoms with Crippen molar-refractivity contribution in [3.8, 4) is 0 Å². The highest BCUT2D eigenvalue weighted by molar-refractivity contribution is 6.33. The third-order valence-electron chi connectivity index (χ3n) is 3.70. The van der Waals surface area contributed by atoms with Crippen LogP contribution in [0.2, 0.25) is 5.02 Å². The highest BCUT2D eigenvalue weighted by atomic mass is 35.5. The molecule has 2 N–H and O–H groups in total. The maximum absolute atomic E-state index is 9.61. The van der Waals surface area contributed by atoms with Crippen LogP contribution in [0.15, 0.2) is 18.2 Å². The summed E-state index contributed by atoms with van der Waals surface area (Å²) in [6.07, 6.45) is 0.220. The number of benzene rings is 1. The molecule has 1 aromatic rings. The fourth-order valence-corrected chi connectivity index (χ4v) is 2.75. The van der Waals surface area contributed by atoms with E-state index in [-0.39, 0.29) is 6.10 Å². The zero-order chi connectivity index (χ0) is 13.3. The largest absolute Gasteiger partial charge is 0.393 e. The van der Waals surface area contributed by atoms with Gasteiger partial charge < -0.3 is 15.1 Å². The Labute approximate surface area is 113 Å². The standard InChI is InChI=1S/C14H20ClNO2/c1-9(17)11-3-4-14(13(15)7-11)16-6-5-12(8-16)10(2)18/h3-4,7,9-10,12,17-18H,5-6,8H2,1-2H3/t9-,10?,12?/m1/s1. The van der Waals surface area contributed by atoms with Gasteiger partial charge in [0.05, 0.1) is 22.9 Å². The maximum Gasteiger partial charge on any atom is 0.0762 e. The van der Waals surface area contributed by atoms with Crippen LogP contribution in [0.25, 0.3) is 0 Å². The van der Waals surface area contributed by atoms with Gasteiger partial charge in [0.2, 0.25) is 0 Å². The Bertz CT molecular complexity index is 420. The molecular weight excluding hydrogens is 250 g/mol. The molecule has 2 unspecified atom stereocenters. The second-order valence-corrected chi connectivity index (χ2v) is 5.53. The van der Waals surface area contributed by atoms with Crippen molar-refractivity contribution < 1.29 is 10.2 Å². The van der Waals surface area contributed by atoms with Gasteiger partial charge in [0.25, 0.3) is 0 Å². The molecule has 0 bridgehead atoms. The average Bonchev–Trinajstić information content (AvgIpc) is 2.78. The third-order valence-corrected chi connectivity index (χ3v) is 4.00. The van der Waals surface area contributed by atoms with Crippen molar-refractivity contribution in [1.29, 1.82) is 0 Å². The van der Waals surface area contributed by atoms with E-state index in [0.29, 0.717) is 10.9 Å². The molecule has 0 aliphatic carbocycles. The highest BCUT2D eigenvalue weighted by Gasteiger charge is 2.27. The molecule has 4 heteroatoms. The minimum atomic E-state index is -0.500. The predicted molar refractivity (Wildman–Crippen MR) is 74.1 cm³/mol. The molecule has 18 heavy (non-hydrogen) atoms. The van der Waals surface area contributed by atoms with Gasteiger partial charge in [0, 0.05) is 19.0 Å². The number of hydrogen-bond acceptors (Lipinski definition) is 3. The zero-order valence-corrected chi connectivity index (χ0v) is 11.6. The summed E-state index contributed by atoms with van der Waals surface area (Å²) in [5.41, 5.74) is 1.82. The van der Waals surface area contributed by atoms with Gasteiger partial charge in [-0.25, -0.2) is 0 Å². The van der Waals surface area contributed by atoms with Crippen LogP contribution < -0.4 is 4.90 Å². The van der Waals surface area contributed by atoms with Crippen LogP contribution in [0.3, 0.4) is 0 Å². The summed E-state index contributed by atoms with van der Waals surface area (Å²) < 4.78 is 0. The third kappa shape index (κ3) is 2.79. The topological polar surface area (TPSA) is 43.7 Å². The number of aliphatic hydroxyl groups excluding tert-OH is 2. The molecule has 3 atom stereocenters.